The predicted octanol–water partition coefficient (Wildman–Crippen LogP) is 1.11. The van der Waals surface area contributed by atoms with Crippen LogP contribution < -0.4 is 11.1 Å². The minimum atomic E-state index is -1.34. The van der Waals surface area contributed by atoms with Gasteiger partial charge in [0.2, 0.25) is 0 Å². The number of aromatic nitrogens is 1. The van der Waals surface area contributed by atoms with Gasteiger partial charge in [-0.05, 0) is 25.1 Å². The van der Waals surface area contributed by atoms with Crippen LogP contribution in [0, 0.1) is 5.82 Å². The van der Waals surface area contributed by atoms with E-state index in [1.807, 2.05) is 0 Å². The van der Waals surface area contributed by atoms with Crippen LogP contribution in [0.4, 0.5) is 15.8 Å². The lowest BCUT2D eigenvalue weighted by atomic mass is 10.1. The van der Waals surface area contributed by atoms with Gasteiger partial charge in [-0.3, -0.25) is 4.98 Å². The third-order valence-electron chi connectivity index (χ3n) is 2.86. The number of aliphatic hydroxyl groups excluding tert-OH is 1. The van der Waals surface area contributed by atoms with Gasteiger partial charge in [-0.25, -0.2) is 4.39 Å². The molecule has 6 heteroatoms. The van der Waals surface area contributed by atoms with E-state index in [1.54, 1.807) is 12.1 Å². The number of anilines is 2. The number of nitrogens with two attached hydrogens (primary N) is 1. The first-order valence-electron chi connectivity index (χ1n) is 5.84. The first kappa shape index (κ1) is 13.5. The van der Waals surface area contributed by atoms with E-state index in [0.717, 1.165) is 0 Å². The normalized spacial score (nSPS) is 14.3. The van der Waals surface area contributed by atoms with Crippen LogP contribution >= 0.6 is 0 Å². The van der Waals surface area contributed by atoms with Crippen molar-refractivity contribution in [2.45, 2.75) is 12.5 Å². The highest BCUT2D eigenvalue weighted by Crippen LogP contribution is 2.29. The molecule has 5 N–H and O–H groups in total. The number of hydrogen-bond acceptors (Lipinski definition) is 5. The third-order valence-corrected chi connectivity index (χ3v) is 2.86. The quantitative estimate of drug-likeness (QED) is 0.622. The average molecular weight is 265 g/mol. The van der Waals surface area contributed by atoms with Gasteiger partial charge >= 0.3 is 0 Å². The molecule has 0 spiro atoms. The molecule has 5 nitrogen and oxygen atoms in total. The Hall–Kier alpha value is -1.92. The number of fused-ring (bicyclic) bond motifs is 1. The summed E-state index contributed by atoms with van der Waals surface area (Å²) in [6, 6.07) is 4.66. The van der Waals surface area contributed by atoms with Crippen molar-refractivity contribution in [2.24, 2.45) is 0 Å². The Kier molecular flexibility index (Phi) is 3.55. The lowest BCUT2D eigenvalue weighted by molar-refractivity contribution is 0.0132. The van der Waals surface area contributed by atoms with Crippen LogP contribution in [0.5, 0.6) is 0 Å². The smallest absolute Gasteiger partial charge is 0.150 e. The molecule has 1 unspecified atom stereocenters. The number of nitrogens with one attached hydrogen (secondary N) is 1. The lowest BCUT2D eigenvalue weighted by Crippen LogP contribution is -2.37. The lowest BCUT2D eigenvalue weighted by Gasteiger charge is -2.22. The summed E-state index contributed by atoms with van der Waals surface area (Å²) in [5, 5.41) is 22.1. The second kappa shape index (κ2) is 4.99. The van der Waals surface area contributed by atoms with Gasteiger partial charge in [-0.1, -0.05) is 0 Å². The van der Waals surface area contributed by atoms with E-state index in [-0.39, 0.29) is 12.2 Å². The second-order valence-electron chi connectivity index (χ2n) is 4.73. The molecule has 1 aromatic carbocycles. The predicted molar refractivity (Wildman–Crippen MR) is 72.3 cm³/mol. The van der Waals surface area contributed by atoms with Gasteiger partial charge in [0.05, 0.1) is 17.8 Å². The fourth-order valence-electron chi connectivity index (χ4n) is 1.74. The highest BCUT2D eigenvalue weighted by atomic mass is 19.1. The number of halogens is 1. The van der Waals surface area contributed by atoms with Crippen molar-refractivity contribution in [1.82, 2.24) is 4.98 Å². The van der Waals surface area contributed by atoms with Gasteiger partial charge < -0.3 is 21.3 Å². The summed E-state index contributed by atoms with van der Waals surface area (Å²) in [6.45, 7) is 1.02. The molecule has 0 amide bonds. The van der Waals surface area contributed by atoms with Crippen molar-refractivity contribution in [3.8, 4) is 0 Å². The maximum Gasteiger partial charge on any atom is 0.150 e. The fraction of sp³-hybridized carbons (Fsp3) is 0.308. The number of rotatable bonds is 4. The third kappa shape index (κ3) is 2.74. The molecule has 2 aromatic rings. The highest BCUT2D eigenvalue weighted by Gasteiger charge is 2.20. The summed E-state index contributed by atoms with van der Waals surface area (Å²) < 4.78 is 13.9. The van der Waals surface area contributed by atoms with Crippen LogP contribution in [0.25, 0.3) is 10.9 Å². The van der Waals surface area contributed by atoms with Crippen LogP contribution in [0.1, 0.15) is 6.92 Å². The van der Waals surface area contributed by atoms with Crippen molar-refractivity contribution >= 4 is 22.3 Å². The Bertz CT molecular complexity index is 602. The topological polar surface area (TPSA) is 91.4 Å². The molecular formula is C13H16FN3O2. The van der Waals surface area contributed by atoms with Crippen molar-refractivity contribution in [1.29, 1.82) is 0 Å². The summed E-state index contributed by atoms with van der Waals surface area (Å²) in [7, 11) is 0. The molecule has 2 rings (SSSR count). The summed E-state index contributed by atoms with van der Waals surface area (Å²) >= 11 is 0. The Labute approximate surface area is 109 Å². The molecule has 1 aromatic heterocycles. The van der Waals surface area contributed by atoms with E-state index in [0.29, 0.717) is 16.6 Å². The molecule has 1 heterocycles. The van der Waals surface area contributed by atoms with Crippen LogP contribution in [0.2, 0.25) is 0 Å². The standard InChI is InChI=1S/C13H16FN3O2/c1-13(19,7-18)6-17-12-9(14)5-10(15)8-3-2-4-16-11(8)12/h2-5,17-19H,6-7,15H2,1H3. The molecule has 0 bridgehead atoms. The average Bonchev–Trinajstić information content (AvgIpc) is 2.38. The molecule has 0 aliphatic heterocycles. The summed E-state index contributed by atoms with van der Waals surface area (Å²) in [4.78, 5) is 4.10. The Morgan fingerprint density at radius 2 is 2.26 bits per heavy atom. The maximum atomic E-state index is 13.9. The van der Waals surface area contributed by atoms with Crippen LogP contribution in [0.15, 0.2) is 24.4 Å². The van der Waals surface area contributed by atoms with E-state index in [9.17, 15) is 9.50 Å². The van der Waals surface area contributed by atoms with Crippen molar-refractivity contribution < 1.29 is 14.6 Å². The summed E-state index contributed by atoms with van der Waals surface area (Å²) in [5.41, 5.74) is 5.27. The van der Waals surface area contributed by atoms with Gasteiger partial charge in [0.25, 0.3) is 0 Å². The zero-order chi connectivity index (χ0) is 14.0. The fourth-order valence-corrected chi connectivity index (χ4v) is 1.74. The Morgan fingerprint density at radius 3 is 2.95 bits per heavy atom. The van der Waals surface area contributed by atoms with E-state index < -0.39 is 18.0 Å². The molecule has 0 aliphatic carbocycles. The highest BCUT2D eigenvalue weighted by molar-refractivity contribution is 5.98. The molecule has 0 radical (unpaired) electrons. The molecule has 0 fully saturated rings. The molecule has 0 saturated heterocycles. The summed E-state index contributed by atoms with van der Waals surface area (Å²) in [5.74, 6) is -0.544. The summed E-state index contributed by atoms with van der Waals surface area (Å²) in [6.07, 6.45) is 1.54. The first-order valence-corrected chi connectivity index (χ1v) is 5.84. The minimum absolute atomic E-state index is 0.00396. The molecule has 19 heavy (non-hydrogen) atoms. The number of aliphatic hydroxyl groups is 2. The zero-order valence-corrected chi connectivity index (χ0v) is 10.5. The number of benzene rings is 1. The maximum absolute atomic E-state index is 13.9. The van der Waals surface area contributed by atoms with Gasteiger partial charge in [0.1, 0.15) is 5.60 Å². The molecule has 1 atom stereocenters. The van der Waals surface area contributed by atoms with Gasteiger partial charge in [-0.2, -0.15) is 0 Å². The largest absolute Gasteiger partial charge is 0.398 e. The second-order valence-corrected chi connectivity index (χ2v) is 4.73. The monoisotopic (exact) mass is 265 g/mol. The van der Waals surface area contributed by atoms with Gasteiger partial charge in [-0.15, -0.1) is 0 Å². The number of nitrogen functional groups attached to an aromatic ring is 1. The number of nitrogens with zero attached hydrogens (tertiary/aromatic N) is 1. The van der Waals surface area contributed by atoms with Crippen molar-refractivity contribution in [3.63, 3.8) is 0 Å². The minimum Gasteiger partial charge on any atom is -0.398 e. The zero-order valence-electron chi connectivity index (χ0n) is 10.5. The molecule has 0 aliphatic rings. The first-order chi connectivity index (χ1) is 8.94. The van der Waals surface area contributed by atoms with E-state index in [1.165, 1.54) is 19.2 Å². The number of pyridine rings is 1. The molecule has 0 saturated carbocycles. The number of hydrogen-bond donors (Lipinski definition) is 4. The van der Waals surface area contributed by atoms with Crippen molar-refractivity contribution in [3.05, 3.63) is 30.2 Å². The van der Waals surface area contributed by atoms with Gasteiger partial charge in [0, 0.05) is 23.8 Å². The SMILES string of the molecule is CC(O)(CO)CNc1c(F)cc(N)c2cccnc12. The van der Waals surface area contributed by atoms with E-state index >= 15 is 0 Å². The van der Waals surface area contributed by atoms with Gasteiger partial charge in [0.15, 0.2) is 5.82 Å². The van der Waals surface area contributed by atoms with E-state index in [4.69, 9.17) is 10.8 Å². The molecular weight excluding hydrogens is 249 g/mol. The van der Waals surface area contributed by atoms with Crippen LogP contribution in [-0.4, -0.2) is 33.9 Å². The van der Waals surface area contributed by atoms with Crippen LogP contribution in [-0.2, 0) is 0 Å². The van der Waals surface area contributed by atoms with Crippen molar-refractivity contribution in [2.75, 3.05) is 24.2 Å². The van der Waals surface area contributed by atoms with Crippen LogP contribution in [0.3, 0.4) is 0 Å². The molecule has 102 valence electrons. The Balaban J connectivity index is 2.43. The van der Waals surface area contributed by atoms with E-state index in [2.05, 4.69) is 10.3 Å². The Morgan fingerprint density at radius 1 is 1.53 bits per heavy atom.